The van der Waals surface area contributed by atoms with Crippen LogP contribution in [0.4, 0.5) is 0 Å². The number of hydrogen-bond donors (Lipinski definition) is 1. The van der Waals surface area contributed by atoms with Crippen molar-refractivity contribution < 1.29 is 9.26 Å². The van der Waals surface area contributed by atoms with Gasteiger partial charge < -0.3 is 14.6 Å². The zero-order valence-electron chi connectivity index (χ0n) is 11.9. The van der Waals surface area contributed by atoms with Crippen LogP contribution in [0.5, 0.6) is 5.75 Å². The number of nitrogens with zero attached hydrogens (tertiary/aromatic N) is 2. The van der Waals surface area contributed by atoms with E-state index in [9.17, 15) is 0 Å². The molecule has 1 N–H and O–H groups in total. The van der Waals surface area contributed by atoms with E-state index in [0.717, 1.165) is 18.5 Å². The van der Waals surface area contributed by atoms with Crippen molar-refractivity contribution in [2.75, 3.05) is 13.7 Å². The smallest absolute Gasteiger partial charge is 0.261 e. The van der Waals surface area contributed by atoms with Gasteiger partial charge in [0.25, 0.3) is 5.89 Å². The van der Waals surface area contributed by atoms with Gasteiger partial charge in [-0.15, -0.1) is 0 Å². The Morgan fingerprint density at radius 2 is 2.24 bits per heavy atom. The summed E-state index contributed by atoms with van der Waals surface area (Å²) >= 11 is 5.97. The lowest BCUT2D eigenvalue weighted by Crippen LogP contribution is -2.21. The highest BCUT2D eigenvalue weighted by atomic mass is 35.5. The minimum absolute atomic E-state index is 0.170. The summed E-state index contributed by atoms with van der Waals surface area (Å²) in [5.41, 5.74) is 0.759. The van der Waals surface area contributed by atoms with Crippen molar-refractivity contribution in [3.63, 3.8) is 0 Å². The molecule has 5 nitrogen and oxygen atoms in total. The van der Waals surface area contributed by atoms with Crippen molar-refractivity contribution in [3.05, 3.63) is 29.0 Å². The van der Waals surface area contributed by atoms with Gasteiger partial charge in [-0.05, 0) is 37.6 Å². The molecule has 0 aliphatic carbocycles. The molecule has 21 heavy (non-hydrogen) atoms. The third kappa shape index (κ3) is 3.19. The van der Waals surface area contributed by atoms with Crippen LogP contribution < -0.4 is 10.1 Å². The number of ether oxygens (including phenoxy) is 1. The Labute approximate surface area is 128 Å². The highest BCUT2D eigenvalue weighted by Gasteiger charge is 2.21. The molecule has 1 aliphatic heterocycles. The summed E-state index contributed by atoms with van der Waals surface area (Å²) in [7, 11) is 1.60. The van der Waals surface area contributed by atoms with Gasteiger partial charge in [0, 0.05) is 5.02 Å². The minimum atomic E-state index is 0.170. The Morgan fingerprint density at radius 1 is 1.33 bits per heavy atom. The number of hydrogen-bond acceptors (Lipinski definition) is 5. The fourth-order valence-corrected chi connectivity index (χ4v) is 2.74. The fraction of sp³-hybridized carbons (Fsp3) is 0.467. The second kappa shape index (κ2) is 6.45. The first kappa shape index (κ1) is 14.4. The monoisotopic (exact) mass is 307 g/mol. The van der Waals surface area contributed by atoms with Gasteiger partial charge in [-0.2, -0.15) is 4.98 Å². The molecule has 0 radical (unpaired) electrons. The molecule has 6 heteroatoms. The van der Waals surface area contributed by atoms with Crippen LogP contribution in [0.15, 0.2) is 22.7 Å². The molecule has 0 saturated carbocycles. The van der Waals surface area contributed by atoms with E-state index in [4.69, 9.17) is 20.9 Å². The number of benzene rings is 1. The maximum absolute atomic E-state index is 5.97. The normalized spacial score (nSPS) is 19.2. The lowest BCUT2D eigenvalue weighted by atomic mass is 10.1. The van der Waals surface area contributed by atoms with E-state index in [-0.39, 0.29) is 6.04 Å². The first-order valence-electron chi connectivity index (χ1n) is 7.19. The molecule has 1 atom stereocenters. The summed E-state index contributed by atoms with van der Waals surface area (Å²) in [5, 5.41) is 8.19. The molecule has 2 aromatic rings. The minimum Gasteiger partial charge on any atom is -0.496 e. The summed E-state index contributed by atoms with van der Waals surface area (Å²) in [5.74, 6) is 1.81. The fourth-order valence-electron chi connectivity index (χ4n) is 2.58. The lowest BCUT2D eigenvalue weighted by Gasteiger charge is -2.10. The Morgan fingerprint density at radius 3 is 3.10 bits per heavy atom. The molecule has 1 unspecified atom stereocenters. The Bertz CT molecular complexity index is 607. The average Bonchev–Trinajstić information content (AvgIpc) is 2.82. The summed E-state index contributed by atoms with van der Waals surface area (Å²) in [6, 6.07) is 5.53. The van der Waals surface area contributed by atoms with Crippen molar-refractivity contribution >= 4 is 11.6 Å². The number of aromatic nitrogens is 2. The summed E-state index contributed by atoms with van der Waals surface area (Å²) in [6.45, 7) is 0.999. The van der Waals surface area contributed by atoms with E-state index in [2.05, 4.69) is 15.5 Å². The molecule has 2 heterocycles. The van der Waals surface area contributed by atoms with Gasteiger partial charge in [-0.25, -0.2) is 0 Å². The van der Waals surface area contributed by atoms with Crippen molar-refractivity contribution in [2.45, 2.75) is 31.7 Å². The number of methoxy groups -OCH3 is 1. The van der Waals surface area contributed by atoms with Gasteiger partial charge in [0.15, 0.2) is 5.82 Å². The van der Waals surface area contributed by atoms with Crippen LogP contribution in [-0.2, 0) is 0 Å². The van der Waals surface area contributed by atoms with Crippen LogP contribution in [0.2, 0.25) is 5.02 Å². The summed E-state index contributed by atoms with van der Waals surface area (Å²) < 4.78 is 10.7. The molecule has 112 valence electrons. The first-order chi connectivity index (χ1) is 10.3. The zero-order valence-corrected chi connectivity index (χ0v) is 12.7. The molecular formula is C15H18ClN3O2. The van der Waals surface area contributed by atoms with Crippen LogP contribution >= 0.6 is 11.6 Å². The van der Waals surface area contributed by atoms with E-state index >= 15 is 0 Å². The van der Waals surface area contributed by atoms with Crippen molar-refractivity contribution in [3.8, 4) is 17.2 Å². The van der Waals surface area contributed by atoms with E-state index in [1.54, 1.807) is 19.2 Å². The van der Waals surface area contributed by atoms with E-state index in [1.807, 2.05) is 6.07 Å². The predicted molar refractivity (Wildman–Crippen MR) is 80.5 cm³/mol. The lowest BCUT2D eigenvalue weighted by molar-refractivity contribution is 0.394. The van der Waals surface area contributed by atoms with Gasteiger partial charge >= 0.3 is 0 Å². The number of rotatable bonds is 3. The van der Waals surface area contributed by atoms with E-state index < -0.39 is 0 Å². The van der Waals surface area contributed by atoms with Gasteiger partial charge in [0.05, 0.1) is 18.7 Å². The molecule has 1 saturated heterocycles. The van der Waals surface area contributed by atoms with Crippen molar-refractivity contribution in [2.24, 2.45) is 0 Å². The van der Waals surface area contributed by atoms with Gasteiger partial charge in [0.2, 0.25) is 0 Å². The first-order valence-corrected chi connectivity index (χ1v) is 7.56. The van der Waals surface area contributed by atoms with Crippen LogP contribution in [-0.4, -0.2) is 23.8 Å². The van der Waals surface area contributed by atoms with Crippen LogP contribution in [0.1, 0.15) is 37.5 Å². The highest BCUT2D eigenvalue weighted by Crippen LogP contribution is 2.32. The molecule has 0 amide bonds. The quantitative estimate of drug-likeness (QED) is 0.938. The van der Waals surface area contributed by atoms with Gasteiger partial charge in [-0.3, -0.25) is 0 Å². The van der Waals surface area contributed by atoms with Crippen LogP contribution in [0.3, 0.4) is 0 Å². The Hall–Kier alpha value is -1.59. The molecule has 0 bridgehead atoms. The molecule has 3 rings (SSSR count). The van der Waals surface area contributed by atoms with Gasteiger partial charge in [0.1, 0.15) is 5.75 Å². The molecule has 1 aromatic heterocycles. The Kier molecular flexibility index (Phi) is 4.41. The van der Waals surface area contributed by atoms with Gasteiger partial charge in [-0.1, -0.05) is 29.6 Å². The maximum Gasteiger partial charge on any atom is 0.261 e. The van der Waals surface area contributed by atoms with Crippen LogP contribution in [0, 0.1) is 0 Å². The second-order valence-electron chi connectivity index (χ2n) is 5.16. The summed E-state index contributed by atoms with van der Waals surface area (Å²) in [6.07, 6.45) is 4.67. The number of nitrogens with one attached hydrogen (secondary N) is 1. The Balaban J connectivity index is 1.87. The third-order valence-electron chi connectivity index (χ3n) is 3.71. The molecular weight excluding hydrogens is 290 g/mol. The van der Waals surface area contributed by atoms with Crippen LogP contribution in [0.25, 0.3) is 11.5 Å². The maximum atomic E-state index is 5.97. The molecule has 1 aliphatic rings. The molecule has 1 aromatic carbocycles. The van der Waals surface area contributed by atoms with E-state index in [1.165, 1.54) is 19.3 Å². The largest absolute Gasteiger partial charge is 0.496 e. The second-order valence-corrected chi connectivity index (χ2v) is 5.59. The average molecular weight is 308 g/mol. The standard InChI is InChI=1S/C15H18ClN3O2/c1-20-13-9-10(16)6-7-11(13)15-18-14(19-21-15)12-5-3-2-4-8-17-12/h6-7,9,12,17H,2-5,8H2,1H3. The number of halogens is 1. The molecule has 1 fully saturated rings. The zero-order chi connectivity index (χ0) is 14.7. The highest BCUT2D eigenvalue weighted by molar-refractivity contribution is 6.30. The third-order valence-corrected chi connectivity index (χ3v) is 3.94. The van der Waals surface area contributed by atoms with Crippen molar-refractivity contribution in [1.82, 2.24) is 15.5 Å². The van der Waals surface area contributed by atoms with E-state index in [0.29, 0.717) is 22.5 Å². The topological polar surface area (TPSA) is 60.2 Å². The predicted octanol–water partition coefficient (Wildman–Crippen LogP) is 3.60. The molecule has 0 spiro atoms. The SMILES string of the molecule is COc1cc(Cl)ccc1-c1nc(C2CCCCCN2)no1. The van der Waals surface area contributed by atoms with Crippen molar-refractivity contribution in [1.29, 1.82) is 0 Å². The summed E-state index contributed by atoms with van der Waals surface area (Å²) in [4.78, 5) is 4.52.